The molecule has 1 aromatic carbocycles. The number of carbonyl (C=O) groups is 19. The lowest BCUT2D eigenvalue weighted by Gasteiger charge is -2.29. The van der Waals surface area contributed by atoms with Crippen molar-refractivity contribution in [2.24, 2.45) is 41.1 Å². The molecule has 0 aliphatic rings. The van der Waals surface area contributed by atoms with Crippen LogP contribution in [0.2, 0.25) is 0 Å². The highest BCUT2D eigenvalue weighted by Crippen LogP contribution is 2.16. The fraction of sp³-hybridized carbons (Fsp3) is 0.653. The normalized spacial score (nSPS) is 15.1. The number of aliphatic hydroxyl groups excluding tert-OH is 1. The maximum atomic E-state index is 14.6. The SMILES string of the molecule is CC[C@H](C)[C@H](NC(=O)CN)C(=O)N[C@H](C(=O)N[C@@H](CCC(=O)O)C(=O)N[C@@H](CCC(=O)O)C(=O)N[C@@H](CS)C(=O)N[C@@H](CS)C(=O)N[C@@H](Cc1ccccc1)C(=O)N[C@@H](CCCNC(=N)N)C(=O)N[C@@H](CO)C(=O)N[C@@H](CS)C(=O)N[C@@H](CC(=O)O)C(=O)N[C@@H](CC(C)C)C(=O)N[C@@H](C)C(=O)N[C@@H](CC(C)C)C(=O)N[C@@H](CC(C)C)C(=O)O)C(C)C. The number of thiol groups is 3. The quantitative estimate of drug-likeness (QED) is 0.0125. The first-order valence-corrected chi connectivity index (χ1v) is 41.3. The summed E-state index contributed by atoms with van der Waals surface area (Å²) in [7, 11) is 0. The Bertz CT molecular complexity index is 3720. The molecule has 0 bridgehead atoms. The van der Waals surface area contributed by atoms with Gasteiger partial charge in [0, 0.05) is 43.1 Å². The molecular formula is C75H123N19O24S3. The molecule has 16 atom stereocenters. The molecular weight excluding hydrogens is 1650 g/mol. The van der Waals surface area contributed by atoms with E-state index >= 15 is 0 Å². The van der Waals surface area contributed by atoms with Gasteiger partial charge in [-0.15, -0.1) is 0 Å². The number of rotatable bonds is 58. The summed E-state index contributed by atoms with van der Waals surface area (Å²) in [5, 5.41) is 95.7. The van der Waals surface area contributed by atoms with Crippen LogP contribution in [0.3, 0.4) is 0 Å². The number of benzene rings is 1. The summed E-state index contributed by atoms with van der Waals surface area (Å²) < 4.78 is 0. The monoisotopic (exact) mass is 1770 g/mol. The van der Waals surface area contributed by atoms with E-state index < -0.39 is 283 Å². The van der Waals surface area contributed by atoms with Crippen LogP contribution in [0.1, 0.15) is 152 Å². The predicted molar refractivity (Wildman–Crippen MR) is 448 cm³/mol. The minimum Gasteiger partial charge on any atom is -0.481 e. The summed E-state index contributed by atoms with van der Waals surface area (Å²) in [5.41, 5.74) is 11.4. The van der Waals surface area contributed by atoms with E-state index in [9.17, 15) is 117 Å². The largest absolute Gasteiger partial charge is 0.481 e. The minimum absolute atomic E-state index is 0.0515. The Morgan fingerprint density at radius 1 is 0.397 bits per heavy atom. The van der Waals surface area contributed by atoms with Crippen LogP contribution in [0.25, 0.3) is 0 Å². The van der Waals surface area contributed by atoms with Gasteiger partial charge in [0.2, 0.25) is 88.6 Å². The van der Waals surface area contributed by atoms with Crippen molar-refractivity contribution in [3.8, 4) is 0 Å². The maximum Gasteiger partial charge on any atom is 0.326 e. The van der Waals surface area contributed by atoms with E-state index in [1.165, 1.54) is 20.8 Å². The van der Waals surface area contributed by atoms with E-state index in [4.69, 9.17) is 16.9 Å². The first-order chi connectivity index (χ1) is 56.7. The molecule has 0 aliphatic heterocycles. The topological polar surface area (TPSA) is 694 Å². The van der Waals surface area contributed by atoms with Crippen molar-refractivity contribution in [3.63, 3.8) is 0 Å². The van der Waals surface area contributed by atoms with Crippen LogP contribution < -0.4 is 96.5 Å². The molecule has 0 aliphatic carbocycles. The number of carboxylic acids is 4. The Morgan fingerprint density at radius 2 is 0.744 bits per heavy atom. The summed E-state index contributed by atoms with van der Waals surface area (Å²) in [6.07, 6.45) is -4.17. The maximum absolute atomic E-state index is 14.6. The molecule has 43 nitrogen and oxygen atoms in total. The highest BCUT2D eigenvalue weighted by molar-refractivity contribution is 7.80. The molecule has 1 rings (SSSR count). The van der Waals surface area contributed by atoms with Crippen molar-refractivity contribution >= 4 is 156 Å². The van der Waals surface area contributed by atoms with E-state index in [2.05, 4.69) is 123 Å². The van der Waals surface area contributed by atoms with Crippen LogP contribution in [0, 0.1) is 35.0 Å². The molecule has 0 radical (unpaired) electrons. The summed E-state index contributed by atoms with van der Waals surface area (Å²) in [5.74, 6) is -25.5. The van der Waals surface area contributed by atoms with Gasteiger partial charge in [0.1, 0.15) is 90.6 Å². The number of aliphatic carboxylic acids is 4. The molecule has 0 fully saturated rings. The van der Waals surface area contributed by atoms with E-state index in [1.807, 2.05) is 0 Å². The fourth-order valence-corrected chi connectivity index (χ4v) is 12.3. The molecule has 680 valence electrons. The smallest absolute Gasteiger partial charge is 0.326 e. The lowest BCUT2D eigenvalue weighted by molar-refractivity contribution is -0.143. The van der Waals surface area contributed by atoms with Crippen LogP contribution in [0.4, 0.5) is 0 Å². The van der Waals surface area contributed by atoms with E-state index in [0.29, 0.717) is 12.0 Å². The van der Waals surface area contributed by atoms with Crippen LogP contribution >= 0.6 is 37.9 Å². The minimum atomic E-state index is -1.98. The van der Waals surface area contributed by atoms with Crippen molar-refractivity contribution in [2.75, 3.05) is 37.0 Å². The average molecular weight is 1770 g/mol. The molecule has 1 aromatic rings. The molecule has 0 unspecified atom stereocenters. The van der Waals surface area contributed by atoms with Gasteiger partial charge in [-0.1, -0.05) is 106 Å². The summed E-state index contributed by atoms with van der Waals surface area (Å²) in [6.45, 7) is 16.4. The van der Waals surface area contributed by atoms with Gasteiger partial charge in [-0.2, -0.15) is 37.9 Å². The average Bonchev–Trinajstić information content (AvgIpc) is 0.854. The van der Waals surface area contributed by atoms with Crippen molar-refractivity contribution in [3.05, 3.63) is 35.9 Å². The number of hydrogen-bond acceptors (Lipinski definition) is 25. The van der Waals surface area contributed by atoms with Gasteiger partial charge in [-0.25, -0.2) is 4.79 Å². The second-order valence-corrected chi connectivity index (χ2v) is 31.5. The van der Waals surface area contributed by atoms with Gasteiger partial charge >= 0.3 is 23.9 Å². The standard InChI is InChI=1S/C75H123N19O24S3/c1-12-39(10)59(93-54(96)30-76)73(116)94-58(38(8)9)72(115)83-44(21-23-56(99)100)62(105)82-43(20-22-55(97)98)63(106)90-53(34-121)71(114)92-52(33-120)69(112)86-47(28-41-17-14-13-15-18-41)66(109)81-42(19-16-24-79-75(77)78)61(104)89-50(31-95)68(111)91-51(32-119)70(113)87-48(29-57(101)102)67(110)85-45(25-35(2)3)64(107)80-40(11)60(103)84-46(26-36(4)5)65(108)88-49(74(117)118)27-37(6)7/h13-15,17-18,35-40,42-53,58-59,95,119-121H,12,16,19-34,76H2,1-11H3,(H,80,107)(H,81,109)(H,82,105)(H,83,115)(H,84,103)(H,85,110)(H,86,112)(H,87,113)(H,88,108)(H,89,104)(H,90,106)(H,91,111)(H,92,114)(H,93,96)(H,94,116)(H,97,98)(H,99,100)(H,101,102)(H,117,118)(H4,77,78,79)/t39-,40-,42-,43-,44-,45-,46-,47-,48-,49-,50-,51-,52-,53-,58-,59-/m0/s1. The molecule has 26 N–H and O–H groups in total. The molecule has 121 heavy (non-hydrogen) atoms. The number of guanidine groups is 1. The predicted octanol–water partition coefficient (Wildman–Crippen LogP) is -5.35. The molecule has 0 saturated heterocycles. The van der Waals surface area contributed by atoms with Crippen molar-refractivity contribution in [2.45, 2.75) is 244 Å². The Morgan fingerprint density at radius 3 is 1.15 bits per heavy atom. The highest BCUT2D eigenvalue weighted by Gasteiger charge is 2.40. The molecule has 46 heteroatoms. The van der Waals surface area contributed by atoms with Crippen molar-refractivity contribution in [1.29, 1.82) is 5.41 Å². The Balaban J connectivity index is 3.60. The zero-order chi connectivity index (χ0) is 92.2. The Kier molecular flexibility index (Phi) is 50.2. The van der Waals surface area contributed by atoms with Crippen LogP contribution in [0.15, 0.2) is 30.3 Å². The van der Waals surface area contributed by atoms with Gasteiger partial charge in [-0.05, 0) is 87.0 Å². The van der Waals surface area contributed by atoms with Crippen LogP contribution in [-0.2, 0) is 97.5 Å². The molecule has 0 heterocycles. The van der Waals surface area contributed by atoms with Gasteiger partial charge in [0.05, 0.1) is 19.6 Å². The van der Waals surface area contributed by atoms with E-state index in [1.54, 1.807) is 85.7 Å². The number of nitrogens with one attached hydrogen (secondary N) is 17. The van der Waals surface area contributed by atoms with Crippen LogP contribution in [-0.4, -0.2) is 272 Å². The zero-order valence-corrected chi connectivity index (χ0v) is 72.3. The number of aliphatic hydroxyl groups is 1. The third kappa shape index (κ3) is 41.5. The summed E-state index contributed by atoms with van der Waals surface area (Å²) in [6, 6.07) is -16.0. The number of nitrogens with two attached hydrogens (primary N) is 2. The lowest BCUT2D eigenvalue weighted by atomic mass is 9.96. The second kappa shape index (κ2) is 56.1. The summed E-state index contributed by atoms with van der Waals surface area (Å²) >= 11 is 12.6. The molecule has 0 saturated carbocycles. The van der Waals surface area contributed by atoms with E-state index in [-0.39, 0.29) is 62.8 Å². The third-order valence-electron chi connectivity index (χ3n) is 18.4. The Hall–Kier alpha value is -10.6. The Labute approximate surface area is 717 Å². The fourth-order valence-electron chi connectivity index (χ4n) is 11.6. The summed E-state index contributed by atoms with van der Waals surface area (Å²) in [4.78, 5) is 256. The zero-order valence-electron chi connectivity index (χ0n) is 69.7. The third-order valence-corrected chi connectivity index (χ3v) is 19.5. The van der Waals surface area contributed by atoms with E-state index in [0.717, 1.165) is 0 Å². The van der Waals surface area contributed by atoms with Gasteiger partial charge in [0.15, 0.2) is 5.96 Å². The van der Waals surface area contributed by atoms with Crippen molar-refractivity contribution < 1.29 is 117 Å². The lowest BCUT2D eigenvalue weighted by Crippen LogP contribution is -2.62. The van der Waals surface area contributed by atoms with Crippen LogP contribution in [0.5, 0.6) is 0 Å². The van der Waals surface area contributed by atoms with Gasteiger partial charge in [-0.3, -0.25) is 91.7 Å². The molecule has 0 aromatic heterocycles. The number of carbonyl (C=O) groups excluding carboxylic acids is 15. The second-order valence-electron chi connectivity index (χ2n) is 30.4. The van der Waals surface area contributed by atoms with Gasteiger partial charge in [0.25, 0.3) is 0 Å². The highest BCUT2D eigenvalue weighted by atomic mass is 32.1. The number of amides is 15. The first-order valence-electron chi connectivity index (χ1n) is 39.4. The van der Waals surface area contributed by atoms with Crippen molar-refractivity contribution in [1.82, 2.24) is 85.1 Å². The first kappa shape index (κ1) is 108. The molecule has 15 amide bonds. The van der Waals surface area contributed by atoms with Gasteiger partial charge < -0.3 is 122 Å². The number of carboxylic acid groups (broad SMARTS) is 4. The number of hydrogen-bond donors (Lipinski definition) is 27. The molecule has 0 spiro atoms.